The van der Waals surface area contributed by atoms with Gasteiger partial charge in [-0.2, -0.15) is 4.68 Å². The summed E-state index contributed by atoms with van der Waals surface area (Å²) in [5, 5.41) is 15.9. The fourth-order valence-corrected chi connectivity index (χ4v) is 4.77. The third-order valence-electron chi connectivity index (χ3n) is 6.59. The molecule has 4 aromatic rings. The third-order valence-corrected chi connectivity index (χ3v) is 6.94. The summed E-state index contributed by atoms with van der Waals surface area (Å²) in [6.07, 6.45) is 0. The molecule has 0 unspecified atom stereocenters. The molecule has 3 heterocycles. The van der Waals surface area contributed by atoms with Crippen molar-refractivity contribution in [2.24, 2.45) is 5.41 Å². The largest absolute Gasteiger partial charge is 0.464 e. The molecule has 1 amide bonds. The highest BCUT2D eigenvalue weighted by Crippen LogP contribution is 2.39. The number of nitrogens with zero attached hydrogens (tertiary/aromatic N) is 4. The molecule has 3 N–H and O–H groups in total. The van der Waals surface area contributed by atoms with Crippen molar-refractivity contribution in [1.29, 1.82) is 0 Å². The molecule has 1 aliphatic heterocycles. The summed E-state index contributed by atoms with van der Waals surface area (Å²) in [5.74, 6) is 1.04. The zero-order chi connectivity index (χ0) is 27.4. The van der Waals surface area contributed by atoms with Gasteiger partial charge in [0, 0.05) is 23.7 Å². The van der Waals surface area contributed by atoms with Crippen LogP contribution < -0.4 is 27.2 Å². The molecule has 1 atom stereocenters. The van der Waals surface area contributed by atoms with Crippen LogP contribution in [0.15, 0.2) is 43.1 Å². The number of halogens is 1. The molecule has 0 bridgehead atoms. The molecular weight excluding hydrogens is 514 g/mol. The number of hydrogen-bond donors (Lipinski definition) is 3. The first-order chi connectivity index (χ1) is 18.0. The number of aryl methyl sites for hydroxylation is 1. The lowest BCUT2D eigenvalue weighted by molar-refractivity contribution is 0.0771. The molecule has 2 aromatic carbocycles. The molecule has 1 aliphatic rings. The van der Waals surface area contributed by atoms with Crippen LogP contribution in [0.3, 0.4) is 0 Å². The van der Waals surface area contributed by atoms with Crippen LogP contribution in [0.25, 0.3) is 0 Å². The zero-order valence-electron chi connectivity index (χ0n) is 21.2. The zero-order valence-corrected chi connectivity index (χ0v) is 22.0. The van der Waals surface area contributed by atoms with E-state index >= 15 is 0 Å². The summed E-state index contributed by atoms with van der Waals surface area (Å²) in [4.78, 5) is 51.8. The topological polar surface area (TPSA) is 155 Å². The van der Waals surface area contributed by atoms with Crippen molar-refractivity contribution in [3.8, 4) is 0 Å². The van der Waals surface area contributed by atoms with E-state index in [4.69, 9.17) is 16.0 Å². The lowest BCUT2D eigenvalue weighted by Gasteiger charge is -2.31. The minimum absolute atomic E-state index is 0.0671. The molecule has 13 heteroatoms. The Bertz CT molecular complexity index is 1670. The number of fused-ring (bicyclic) bond motifs is 1. The smallest absolute Gasteiger partial charge is 0.361 e. The molecule has 5 rings (SSSR count). The van der Waals surface area contributed by atoms with E-state index in [-0.39, 0.29) is 42.3 Å². The summed E-state index contributed by atoms with van der Waals surface area (Å²) in [5.41, 5.74) is -0.740. The van der Waals surface area contributed by atoms with E-state index in [9.17, 15) is 19.2 Å². The monoisotopic (exact) mass is 539 g/mol. The Morgan fingerprint density at radius 2 is 1.82 bits per heavy atom. The van der Waals surface area contributed by atoms with Crippen molar-refractivity contribution in [2.75, 3.05) is 17.2 Å². The van der Waals surface area contributed by atoms with E-state index in [1.807, 2.05) is 39.8 Å². The highest BCUT2D eigenvalue weighted by Gasteiger charge is 2.35. The predicted octanol–water partition coefficient (Wildman–Crippen LogP) is 2.72. The molecular formula is C25H26ClN7O5. The van der Waals surface area contributed by atoms with Gasteiger partial charge >= 0.3 is 5.69 Å². The Morgan fingerprint density at radius 3 is 2.45 bits per heavy atom. The van der Waals surface area contributed by atoms with Crippen LogP contribution in [-0.4, -0.2) is 37.6 Å². The second-order valence-electron chi connectivity index (χ2n) is 10.3. The van der Waals surface area contributed by atoms with Crippen LogP contribution in [0.5, 0.6) is 0 Å². The number of anilines is 3. The Balaban J connectivity index is 1.42. The minimum Gasteiger partial charge on any atom is -0.464 e. The summed E-state index contributed by atoms with van der Waals surface area (Å²) in [7, 11) is 0. The molecule has 0 saturated heterocycles. The molecule has 38 heavy (non-hydrogen) atoms. The van der Waals surface area contributed by atoms with Gasteiger partial charge < -0.3 is 20.0 Å². The number of amides is 1. The average Bonchev–Trinajstić information content (AvgIpc) is 3.56. The van der Waals surface area contributed by atoms with Crippen LogP contribution >= 0.6 is 11.6 Å². The minimum atomic E-state index is -0.688. The van der Waals surface area contributed by atoms with Crippen LogP contribution in [0.1, 0.15) is 54.3 Å². The van der Waals surface area contributed by atoms with Crippen LogP contribution in [0.4, 0.5) is 17.1 Å². The Hall–Kier alpha value is -4.19. The van der Waals surface area contributed by atoms with Crippen molar-refractivity contribution < 1.29 is 9.21 Å². The molecule has 12 nitrogen and oxygen atoms in total. The fourth-order valence-electron chi connectivity index (χ4n) is 4.56. The van der Waals surface area contributed by atoms with E-state index in [0.29, 0.717) is 27.6 Å². The standard InChI is InChI=1S/C25H26ClN7O5/c1-12-5-8-16(38-12)22(25(2,3)4)28-19-18(20(34)21(19)35)27-15-7-6-14(26)13-11-32(23(36)17(13)15)9-10-33-24(37)29-30-31-33/h5-8,22,27-28H,9-11H2,1-4H3,(H,29,31,37)/t22-/m1/s1. The number of aromatic nitrogens is 4. The van der Waals surface area contributed by atoms with E-state index in [1.54, 1.807) is 12.1 Å². The molecule has 198 valence electrons. The van der Waals surface area contributed by atoms with Gasteiger partial charge in [-0.15, -0.1) is 0 Å². The number of benzene rings is 1. The van der Waals surface area contributed by atoms with Crippen molar-refractivity contribution in [3.63, 3.8) is 0 Å². The second kappa shape index (κ2) is 9.28. The SMILES string of the molecule is Cc1ccc([C@@H](Nc2c(Nc3ccc(Cl)c4c3C(=O)N(CCn3nn[nH]c3=O)C4)c(=O)c2=O)C(C)(C)C)o1. The number of rotatable bonds is 8. The van der Waals surface area contributed by atoms with E-state index in [2.05, 4.69) is 26.2 Å². The van der Waals surface area contributed by atoms with Crippen molar-refractivity contribution >= 4 is 34.6 Å². The van der Waals surface area contributed by atoms with Crippen LogP contribution in [-0.2, 0) is 13.1 Å². The highest BCUT2D eigenvalue weighted by molar-refractivity contribution is 6.32. The molecule has 2 aromatic heterocycles. The van der Waals surface area contributed by atoms with E-state index in [1.165, 1.54) is 4.90 Å². The number of hydrogen-bond acceptors (Lipinski definition) is 9. The lowest BCUT2D eigenvalue weighted by atomic mass is 9.85. The van der Waals surface area contributed by atoms with Crippen LogP contribution in [0.2, 0.25) is 5.02 Å². The Morgan fingerprint density at radius 1 is 1.08 bits per heavy atom. The molecule has 0 saturated carbocycles. The first-order valence-electron chi connectivity index (χ1n) is 12.0. The van der Waals surface area contributed by atoms with Gasteiger partial charge in [0.15, 0.2) is 0 Å². The highest BCUT2D eigenvalue weighted by atomic mass is 35.5. The summed E-state index contributed by atoms with van der Waals surface area (Å²) >= 11 is 6.41. The predicted molar refractivity (Wildman–Crippen MR) is 141 cm³/mol. The second-order valence-corrected chi connectivity index (χ2v) is 10.7. The molecule has 0 radical (unpaired) electrons. The average molecular weight is 540 g/mol. The summed E-state index contributed by atoms with van der Waals surface area (Å²) in [6, 6.07) is 6.51. The maximum atomic E-state index is 13.3. The number of aromatic amines is 1. The van der Waals surface area contributed by atoms with Gasteiger partial charge in [-0.1, -0.05) is 32.4 Å². The van der Waals surface area contributed by atoms with Gasteiger partial charge in [0.1, 0.15) is 22.9 Å². The number of furan rings is 1. The van der Waals surface area contributed by atoms with E-state index in [0.717, 1.165) is 10.4 Å². The quantitative estimate of drug-likeness (QED) is 0.286. The first kappa shape index (κ1) is 25.5. The van der Waals surface area contributed by atoms with Gasteiger partial charge in [0.25, 0.3) is 16.8 Å². The molecule has 0 fully saturated rings. The van der Waals surface area contributed by atoms with Gasteiger partial charge in [-0.25, -0.2) is 9.89 Å². The van der Waals surface area contributed by atoms with Crippen molar-refractivity contribution in [1.82, 2.24) is 25.1 Å². The van der Waals surface area contributed by atoms with Gasteiger partial charge in [-0.3, -0.25) is 14.4 Å². The number of carbonyl (C=O) groups is 1. The summed E-state index contributed by atoms with van der Waals surface area (Å²) < 4.78 is 6.93. The van der Waals surface area contributed by atoms with Crippen LogP contribution in [0, 0.1) is 12.3 Å². The first-order valence-corrected chi connectivity index (χ1v) is 12.4. The number of H-pyrrole nitrogens is 1. The van der Waals surface area contributed by atoms with Crippen molar-refractivity contribution in [3.05, 3.63) is 82.9 Å². The Labute approximate surface area is 221 Å². The summed E-state index contributed by atoms with van der Waals surface area (Å²) in [6.45, 7) is 8.37. The number of nitrogens with one attached hydrogen (secondary N) is 3. The van der Waals surface area contributed by atoms with Gasteiger partial charge in [-0.05, 0) is 47.0 Å². The van der Waals surface area contributed by atoms with Crippen molar-refractivity contribution in [2.45, 2.75) is 46.8 Å². The Kier molecular flexibility index (Phi) is 6.22. The van der Waals surface area contributed by atoms with Gasteiger partial charge in [0.2, 0.25) is 0 Å². The maximum Gasteiger partial charge on any atom is 0.361 e. The normalized spacial score (nSPS) is 14.2. The fraction of sp³-hybridized carbons (Fsp3) is 0.360. The lowest BCUT2D eigenvalue weighted by Crippen LogP contribution is -2.39. The van der Waals surface area contributed by atoms with E-state index < -0.39 is 22.6 Å². The maximum absolute atomic E-state index is 13.3. The molecule has 0 spiro atoms. The van der Waals surface area contributed by atoms with Gasteiger partial charge in [0.05, 0.1) is 23.8 Å². The number of carbonyl (C=O) groups excluding carboxylic acids is 1. The number of tetrazole rings is 1. The molecule has 0 aliphatic carbocycles. The third kappa shape index (κ3) is 4.40.